The van der Waals surface area contributed by atoms with Gasteiger partial charge in [0.2, 0.25) is 5.44 Å². The molecule has 1 heterocycles. The van der Waals surface area contributed by atoms with Crippen LogP contribution in [0.5, 0.6) is 0 Å². The van der Waals surface area contributed by atoms with Crippen molar-refractivity contribution in [2.75, 3.05) is 6.61 Å². The summed E-state index contributed by atoms with van der Waals surface area (Å²) in [6.45, 7) is 0.440. The van der Waals surface area contributed by atoms with E-state index < -0.39 is 59.0 Å². The van der Waals surface area contributed by atoms with Crippen molar-refractivity contribution >= 4 is 22.8 Å². The van der Waals surface area contributed by atoms with Gasteiger partial charge in [0.1, 0.15) is 17.9 Å². The maximum absolute atomic E-state index is 13.5. The Morgan fingerprint density at radius 3 is 2.32 bits per heavy atom. The summed E-state index contributed by atoms with van der Waals surface area (Å²) in [6, 6.07) is 7.45. The number of aliphatic hydroxyl groups excluding tert-OH is 3. The summed E-state index contributed by atoms with van der Waals surface area (Å²) in [6.07, 6.45) is -2.52. The summed E-state index contributed by atoms with van der Waals surface area (Å²) in [4.78, 5) is 0.271. The van der Waals surface area contributed by atoms with E-state index in [1.807, 2.05) is 0 Å². The molecule has 0 spiro atoms. The van der Waals surface area contributed by atoms with Crippen LogP contribution in [-0.2, 0) is 22.5 Å². The van der Waals surface area contributed by atoms with Gasteiger partial charge in [0.05, 0.1) is 25.5 Å². The highest BCUT2D eigenvalue weighted by Crippen LogP contribution is 2.25. The molecule has 3 aromatic rings. The van der Waals surface area contributed by atoms with Gasteiger partial charge in [0.15, 0.2) is 22.3 Å². The Bertz CT molecular complexity index is 1080. The SMILES string of the molecule is C[C@@H](O)C(CO)OC([C@@H](O)Cn1cc(-c2cc(F)c(F)c(F)c2)nn1)[S+]([O-])c1ccc(Cl)cc1. The highest BCUT2D eigenvalue weighted by atomic mass is 35.5. The predicted molar refractivity (Wildman–Crippen MR) is 117 cm³/mol. The molecule has 0 radical (unpaired) electrons. The second-order valence-corrected chi connectivity index (χ2v) is 9.33. The van der Waals surface area contributed by atoms with Crippen LogP contribution in [0.4, 0.5) is 13.2 Å². The van der Waals surface area contributed by atoms with Crippen LogP contribution < -0.4 is 0 Å². The Morgan fingerprint density at radius 1 is 1.15 bits per heavy atom. The number of nitrogens with zero attached hydrogens (tertiary/aromatic N) is 3. The molecule has 0 saturated heterocycles. The summed E-state index contributed by atoms with van der Waals surface area (Å²) in [5.41, 5.74) is -1.50. The summed E-state index contributed by atoms with van der Waals surface area (Å²) in [7, 11) is 0. The highest BCUT2D eigenvalue weighted by Gasteiger charge is 2.37. The zero-order chi connectivity index (χ0) is 25.0. The van der Waals surface area contributed by atoms with Crippen LogP contribution in [0.1, 0.15) is 6.92 Å². The zero-order valence-electron chi connectivity index (χ0n) is 17.7. The molecule has 0 aliphatic rings. The van der Waals surface area contributed by atoms with Crippen molar-refractivity contribution in [3.63, 3.8) is 0 Å². The van der Waals surface area contributed by atoms with E-state index in [-0.39, 0.29) is 22.7 Å². The molecule has 3 rings (SSSR count). The molecule has 0 fully saturated rings. The molecule has 3 unspecified atom stereocenters. The second kappa shape index (κ2) is 11.5. The van der Waals surface area contributed by atoms with E-state index in [0.29, 0.717) is 5.02 Å². The molecule has 0 amide bonds. The lowest BCUT2D eigenvalue weighted by molar-refractivity contribution is -0.100. The number of halogens is 4. The van der Waals surface area contributed by atoms with Crippen LogP contribution in [0.15, 0.2) is 47.5 Å². The first-order valence-electron chi connectivity index (χ1n) is 9.94. The van der Waals surface area contributed by atoms with Gasteiger partial charge in [-0.05, 0) is 43.3 Å². The Balaban J connectivity index is 1.83. The fourth-order valence-corrected chi connectivity index (χ4v) is 4.38. The molecule has 0 saturated carbocycles. The lowest BCUT2D eigenvalue weighted by atomic mass is 10.1. The minimum atomic E-state index is -1.97. The number of ether oxygens (including phenoxy) is 1. The van der Waals surface area contributed by atoms with Crippen LogP contribution >= 0.6 is 11.6 Å². The Kier molecular flexibility index (Phi) is 8.93. The fraction of sp³-hybridized carbons (Fsp3) is 0.333. The Labute approximate surface area is 200 Å². The molecule has 34 heavy (non-hydrogen) atoms. The molecule has 13 heteroatoms. The van der Waals surface area contributed by atoms with E-state index in [1.165, 1.54) is 37.4 Å². The molecular weight excluding hydrogens is 499 g/mol. The van der Waals surface area contributed by atoms with Crippen LogP contribution in [0.2, 0.25) is 5.02 Å². The van der Waals surface area contributed by atoms with Crippen LogP contribution in [-0.4, -0.2) is 65.2 Å². The number of benzene rings is 2. The molecule has 8 nitrogen and oxygen atoms in total. The van der Waals surface area contributed by atoms with Crippen molar-refractivity contribution < 1.29 is 37.8 Å². The molecule has 184 valence electrons. The van der Waals surface area contributed by atoms with Gasteiger partial charge < -0.3 is 24.6 Å². The summed E-state index contributed by atoms with van der Waals surface area (Å²) in [5.74, 6) is -4.41. The smallest absolute Gasteiger partial charge is 0.249 e. The number of rotatable bonds is 10. The first-order chi connectivity index (χ1) is 16.1. The van der Waals surface area contributed by atoms with Crippen molar-refractivity contribution in [2.24, 2.45) is 0 Å². The molecule has 0 bridgehead atoms. The largest absolute Gasteiger partial charge is 0.609 e. The third kappa shape index (κ3) is 6.27. The van der Waals surface area contributed by atoms with Crippen LogP contribution in [0.25, 0.3) is 11.3 Å². The lowest BCUT2D eigenvalue weighted by Crippen LogP contribution is -2.45. The van der Waals surface area contributed by atoms with Gasteiger partial charge in [-0.15, -0.1) is 5.10 Å². The minimum absolute atomic E-state index is 0.00138. The number of hydrogen-bond donors (Lipinski definition) is 3. The predicted octanol–water partition coefficient (Wildman–Crippen LogP) is 2.27. The van der Waals surface area contributed by atoms with Crippen molar-refractivity contribution in [1.82, 2.24) is 15.0 Å². The maximum Gasteiger partial charge on any atom is 0.249 e. The van der Waals surface area contributed by atoms with Crippen LogP contribution in [0.3, 0.4) is 0 Å². The summed E-state index contributed by atoms with van der Waals surface area (Å²) < 4.78 is 60.1. The summed E-state index contributed by atoms with van der Waals surface area (Å²) in [5, 5.41) is 38.1. The topological polar surface area (TPSA) is 124 Å². The number of hydrogen-bond acceptors (Lipinski definition) is 7. The van der Waals surface area contributed by atoms with Crippen molar-refractivity contribution in [3.8, 4) is 11.3 Å². The molecule has 0 aliphatic heterocycles. The quantitative estimate of drug-likeness (QED) is 0.277. The third-order valence-electron chi connectivity index (χ3n) is 4.79. The van der Waals surface area contributed by atoms with E-state index in [4.69, 9.17) is 16.3 Å². The maximum atomic E-state index is 13.5. The van der Waals surface area contributed by atoms with Crippen molar-refractivity contribution in [2.45, 2.75) is 42.1 Å². The van der Waals surface area contributed by atoms with Gasteiger partial charge in [0.25, 0.3) is 0 Å². The molecule has 5 atom stereocenters. The lowest BCUT2D eigenvalue weighted by Gasteiger charge is -2.29. The summed E-state index contributed by atoms with van der Waals surface area (Å²) >= 11 is 3.90. The molecule has 0 aliphatic carbocycles. The normalized spacial score (nSPS) is 16.1. The van der Waals surface area contributed by atoms with E-state index in [9.17, 15) is 33.0 Å². The standard InChI is InChI=1S/C21H21ClF3N3O5S/c1-11(30)19(10-29)33-21(34(32)14-4-2-13(22)3-5-14)18(31)9-28-8-17(26-27-28)12-6-15(23)20(25)16(24)7-12/h2-8,11,18-19,21,29-31H,9-10H2,1H3/t11-,18+,19?,21?,34?/m1/s1. The first kappa shape index (κ1) is 26.4. The highest BCUT2D eigenvalue weighted by molar-refractivity contribution is 7.92. The molecule has 1 aromatic heterocycles. The van der Waals surface area contributed by atoms with Gasteiger partial charge in [-0.3, -0.25) is 0 Å². The fourth-order valence-electron chi connectivity index (χ4n) is 2.97. The van der Waals surface area contributed by atoms with E-state index >= 15 is 0 Å². The third-order valence-corrected chi connectivity index (χ3v) is 6.63. The van der Waals surface area contributed by atoms with Gasteiger partial charge in [-0.1, -0.05) is 16.8 Å². The van der Waals surface area contributed by atoms with E-state index in [0.717, 1.165) is 16.8 Å². The van der Waals surface area contributed by atoms with Gasteiger partial charge in [-0.25, -0.2) is 17.9 Å². The molecule has 2 aromatic carbocycles. The number of aliphatic hydroxyl groups is 3. The molecule has 3 N–H and O–H groups in total. The monoisotopic (exact) mass is 519 g/mol. The van der Waals surface area contributed by atoms with Gasteiger partial charge in [0, 0.05) is 21.8 Å². The van der Waals surface area contributed by atoms with Crippen molar-refractivity contribution in [3.05, 3.63) is 65.1 Å². The van der Waals surface area contributed by atoms with Crippen molar-refractivity contribution in [1.29, 1.82) is 0 Å². The van der Waals surface area contributed by atoms with E-state index in [2.05, 4.69) is 10.3 Å². The average Bonchev–Trinajstić information content (AvgIpc) is 3.26. The zero-order valence-corrected chi connectivity index (χ0v) is 19.3. The first-order valence-corrected chi connectivity index (χ1v) is 11.5. The second-order valence-electron chi connectivity index (χ2n) is 7.36. The minimum Gasteiger partial charge on any atom is -0.609 e. The van der Waals surface area contributed by atoms with Gasteiger partial charge in [-0.2, -0.15) is 0 Å². The Hall–Kier alpha value is -2.19. The average molecular weight is 520 g/mol. The molecular formula is C21H21ClF3N3O5S. The number of aromatic nitrogens is 3. The van der Waals surface area contributed by atoms with Crippen LogP contribution in [0, 0.1) is 17.5 Å². The van der Waals surface area contributed by atoms with Gasteiger partial charge >= 0.3 is 0 Å². The van der Waals surface area contributed by atoms with E-state index in [1.54, 1.807) is 0 Å². The Morgan fingerprint density at radius 2 is 1.76 bits per heavy atom.